The maximum Gasteiger partial charge on any atom is 0.374 e. The van der Waals surface area contributed by atoms with Crippen molar-refractivity contribution < 1.29 is 18.7 Å². The summed E-state index contributed by atoms with van der Waals surface area (Å²) in [5.41, 5.74) is 1.14. The molecule has 1 aromatic carbocycles. The third-order valence-electron chi connectivity index (χ3n) is 3.08. The molecule has 0 bridgehead atoms. The number of hydrogen-bond acceptors (Lipinski definition) is 4. The number of esters is 1. The first-order valence-corrected chi connectivity index (χ1v) is 7.59. The molecule has 1 atom stereocenters. The second-order valence-electron chi connectivity index (χ2n) is 4.80. The molecule has 2 aromatic rings. The SMILES string of the molecule is C[C@H](CNC(=O)COC(=O)c1ccc(Br)o1)c1ccccc1. The van der Waals surface area contributed by atoms with E-state index in [0.717, 1.165) is 5.56 Å². The predicted molar refractivity (Wildman–Crippen MR) is 84.6 cm³/mol. The van der Waals surface area contributed by atoms with Gasteiger partial charge in [-0.15, -0.1) is 0 Å². The molecule has 0 aliphatic heterocycles. The number of amides is 1. The normalized spacial score (nSPS) is 11.7. The van der Waals surface area contributed by atoms with Crippen LogP contribution in [0, 0.1) is 0 Å². The Bertz CT molecular complexity index is 639. The zero-order chi connectivity index (χ0) is 15.9. The van der Waals surface area contributed by atoms with E-state index in [0.29, 0.717) is 11.2 Å². The third kappa shape index (κ3) is 4.73. The van der Waals surface area contributed by atoms with Gasteiger partial charge >= 0.3 is 5.97 Å². The summed E-state index contributed by atoms with van der Waals surface area (Å²) < 4.78 is 10.4. The van der Waals surface area contributed by atoms with Gasteiger partial charge in [-0.3, -0.25) is 4.79 Å². The van der Waals surface area contributed by atoms with Crippen LogP contribution in [0.4, 0.5) is 0 Å². The largest absolute Gasteiger partial charge is 0.450 e. The Balaban J connectivity index is 1.73. The van der Waals surface area contributed by atoms with Gasteiger partial charge in [0.2, 0.25) is 5.76 Å². The van der Waals surface area contributed by atoms with Gasteiger partial charge in [0.25, 0.3) is 5.91 Å². The van der Waals surface area contributed by atoms with Crippen molar-refractivity contribution in [3.05, 3.63) is 58.5 Å². The molecule has 0 aliphatic rings. The van der Waals surface area contributed by atoms with Crippen LogP contribution in [0.5, 0.6) is 0 Å². The molecule has 0 unspecified atom stereocenters. The van der Waals surface area contributed by atoms with Crippen molar-refractivity contribution in [2.24, 2.45) is 0 Å². The number of carbonyl (C=O) groups is 2. The zero-order valence-electron chi connectivity index (χ0n) is 12.0. The summed E-state index contributed by atoms with van der Waals surface area (Å²) in [7, 11) is 0. The average Bonchev–Trinajstić information content (AvgIpc) is 2.97. The van der Waals surface area contributed by atoms with E-state index in [4.69, 9.17) is 9.15 Å². The van der Waals surface area contributed by atoms with Crippen LogP contribution in [-0.4, -0.2) is 25.0 Å². The van der Waals surface area contributed by atoms with Crippen molar-refractivity contribution in [1.82, 2.24) is 5.32 Å². The number of ether oxygens (including phenoxy) is 1. The molecule has 1 amide bonds. The first-order chi connectivity index (χ1) is 10.6. The average molecular weight is 366 g/mol. The summed E-state index contributed by atoms with van der Waals surface area (Å²) in [6.45, 7) is 2.16. The van der Waals surface area contributed by atoms with Crippen LogP contribution in [0.25, 0.3) is 0 Å². The Morgan fingerprint density at radius 1 is 1.23 bits per heavy atom. The molecule has 2 rings (SSSR count). The molecule has 116 valence electrons. The molecule has 0 saturated heterocycles. The zero-order valence-corrected chi connectivity index (χ0v) is 13.6. The summed E-state index contributed by atoms with van der Waals surface area (Å²) >= 11 is 3.09. The van der Waals surface area contributed by atoms with Gasteiger partial charge in [-0.05, 0) is 39.5 Å². The lowest BCUT2D eigenvalue weighted by Crippen LogP contribution is -2.31. The fourth-order valence-electron chi connectivity index (χ4n) is 1.84. The Morgan fingerprint density at radius 2 is 1.95 bits per heavy atom. The number of furan rings is 1. The lowest BCUT2D eigenvalue weighted by atomic mass is 10.0. The minimum Gasteiger partial charge on any atom is -0.450 e. The highest BCUT2D eigenvalue weighted by atomic mass is 79.9. The summed E-state index contributed by atoms with van der Waals surface area (Å²) in [6.07, 6.45) is 0. The van der Waals surface area contributed by atoms with Crippen molar-refractivity contribution in [3.8, 4) is 0 Å². The van der Waals surface area contributed by atoms with Crippen LogP contribution in [0.15, 0.2) is 51.6 Å². The minimum atomic E-state index is -0.669. The Morgan fingerprint density at radius 3 is 2.59 bits per heavy atom. The Hall–Kier alpha value is -2.08. The molecule has 6 heteroatoms. The number of carbonyl (C=O) groups excluding carboxylic acids is 2. The van der Waals surface area contributed by atoms with Crippen molar-refractivity contribution >= 4 is 27.8 Å². The topological polar surface area (TPSA) is 68.5 Å². The van der Waals surface area contributed by atoms with E-state index in [-0.39, 0.29) is 24.2 Å². The molecule has 22 heavy (non-hydrogen) atoms. The van der Waals surface area contributed by atoms with Crippen LogP contribution >= 0.6 is 15.9 Å². The summed E-state index contributed by atoms with van der Waals surface area (Å²) in [5.74, 6) is -0.780. The van der Waals surface area contributed by atoms with Crippen LogP contribution in [0.2, 0.25) is 0 Å². The van der Waals surface area contributed by atoms with Gasteiger partial charge in [0.05, 0.1) is 0 Å². The van der Waals surface area contributed by atoms with Crippen LogP contribution in [-0.2, 0) is 9.53 Å². The Kier molecular flexibility index (Phi) is 5.77. The van der Waals surface area contributed by atoms with Gasteiger partial charge in [0.1, 0.15) is 0 Å². The van der Waals surface area contributed by atoms with Gasteiger partial charge in [0, 0.05) is 6.54 Å². The molecular formula is C16H16BrNO4. The van der Waals surface area contributed by atoms with Gasteiger partial charge in [-0.25, -0.2) is 4.79 Å². The van der Waals surface area contributed by atoms with E-state index in [1.165, 1.54) is 6.07 Å². The molecule has 0 saturated carbocycles. The predicted octanol–water partition coefficient (Wildman–Crippen LogP) is 3.12. The first kappa shape index (κ1) is 16.3. The monoisotopic (exact) mass is 365 g/mol. The lowest BCUT2D eigenvalue weighted by molar-refractivity contribution is -0.124. The number of benzene rings is 1. The van der Waals surface area contributed by atoms with Gasteiger partial charge in [0.15, 0.2) is 11.3 Å². The molecule has 0 fully saturated rings. The summed E-state index contributed by atoms with van der Waals surface area (Å²) in [4.78, 5) is 23.3. The molecule has 1 aromatic heterocycles. The van der Waals surface area contributed by atoms with Crippen LogP contribution in [0.3, 0.4) is 0 Å². The molecule has 0 radical (unpaired) electrons. The van der Waals surface area contributed by atoms with E-state index in [1.54, 1.807) is 6.07 Å². The molecule has 5 nitrogen and oxygen atoms in total. The van der Waals surface area contributed by atoms with Gasteiger partial charge in [-0.1, -0.05) is 37.3 Å². The van der Waals surface area contributed by atoms with E-state index < -0.39 is 5.97 Å². The quantitative estimate of drug-likeness (QED) is 0.798. The number of halogens is 1. The molecular weight excluding hydrogens is 350 g/mol. The standard InChI is InChI=1S/C16H16BrNO4/c1-11(12-5-3-2-4-6-12)9-18-15(19)10-21-16(20)13-7-8-14(17)22-13/h2-8,11H,9-10H2,1H3,(H,18,19)/t11-/m1/s1. The van der Waals surface area contributed by atoms with Crippen molar-refractivity contribution in [3.63, 3.8) is 0 Å². The maximum absolute atomic E-state index is 11.7. The number of hydrogen-bond donors (Lipinski definition) is 1. The van der Waals surface area contributed by atoms with Gasteiger partial charge < -0.3 is 14.5 Å². The molecule has 1 heterocycles. The van der Waals surface area contributed by atoms with E-state index in [2.05, 4.69) is 21.2 Å². The van der Waals surface area contributed by atoms with Crippen molar-refractivity contribution in [2.75, 3.05) is 13.2 Å². The van der Waals surface area contributed by atoms with E-state index in [1.807, 2.05) is 37.3 Å². The van der Waals surface area contributed by atoms with E-state index >= 15 is 0 Å². The summed E-state index contributed by atoms with van der Waals surface area (Å²) in [5, 5.41) is 2.74. The molecule has 1 N–H and O–H groups in total. The minimum absolute atomic E-state index is 0.0531. The molecule has 0 aliphatic carbocycles. The Labute approximate surface area is 136 Å². The summed E-state index contributed by atoms with van der Waals surface area (Å²) in [6, 6.07) is 12.9. The van der Waals surface area contributed by atoms with Crippen LogP contribution in [0.1, 0.15) is 29.0 Å². The van der Waals surface area contributed by atoms with Crippen molar-refractivity contribution in [1.29, 1.82) is 0 Å². The highest BCUT2D eigenvalue weighted by Crippen LogP contribution is 2.15. The van der Waals surface area contributed by atoms with Crippen molar-refractivity contribution in [2.45, 2.75) is 12.8 Å². The number of rotatable bonds is 6. The fraction of sp³-hybridized carbons (Fsp3) is 0.250. The maximum atomic E-state index is 11.7. The second-order valence-corrected chi connectivity index (χ2v) is 5.58. The lowest BCUT2D eigenvalue weighted by Gasteiger charge is -2.13. The molecule has 0 spiro atoms. The van der Waals surface area contributed by atoms with E-state index in [9.17, 15) is 9.59 Å². The highest BCUT2D eigenvalue weighted by Gasteiger charge is 2.14. The second kappa shape index (κ2) is 7.79. The first-order valence-electron chi connectivity index (χ1n) is 6.80. The number of nitrogens with one attached hydrogen (secondary N) is 1. The van der Waals surface area contributed by atoms with Crippen LogP contribution < -0.4 is 5.32 Å². The third-order valence-corrected chi connectivity index (χ3v) is 3.51. The fourth-order valence-corrected chi connectivity index (χ4v) is 2.15. The highest BCUT2D eigenvalue weighted by molar-refractivity contribution is 9.10. The smallest absolute Gasteiger partial charge is 0.374 e. The van der Waals surface area contributed by atoms with Gasteiger partial charge in [-0.2, -0.15) is 0 Å².